The molecule has 2 N–H and O–H groups in total. The molecule has 1 fully saturated rings. The maximum atomic E-state index is 10.4. The molecule has 94 valence electrons. The van der Waals surface area contributed by atoms with E-state index in [9.17, 15) is 5.11 Å². The molecular weight excluding hydrogens is 210 g/mol. The third kappa shape index (κ3) is 4.14. The molecule has 2 heteroatoms. The zero-order chi connectivity index (χ0) is 12.1. The summed E-state index contributed by atoms with van der Waals surface area (Å²) in [5, 5.41) is 13.9. The van der Waals surface area contributed by atoms with Crippen LogP contribution in [0, 0.1) is 0 Å². The van der Waals surface area contributed by atoms with Gasteiger partial charge in [0.15, 0.2) is 0 Å². The van der Waals surface area contributed by atoms with Gasteiger partial charge in [-0.2, -0.15) is 0 Å². The van der Waals surface area contributed by atoms with Crippen molar-refractivity contribution in [3.8, 4) is 0 Å². The van der Waals surface area contributed by atoms with Gasteiger partial charge in [0.05, 0.1) is 5.60 Å². The van der Waals surface area contributed by atoms with Crippen LogP contribution in [0.1, 0.15) is 38.2 Å². The fraction of sp³-hybridized carbons (Fsp3) is 0.600. The number of nitrogens with one attached hydrogen (secondary N) is 1. The Balaban J connectivity index is 1.81. The molecule has 2 nitrogen and oxygen atoms in total. The monoisotopic (exact) mass is 233 g/mol. The minimum absolute atomic E-state index is 0.622. The van der Waals surface area contributed by atoms with Gasteiger partial charge in [-0.1, -0.05) is 43.2 Å². The van der Waals surface area contributed by atoms with Gasteiger partial charge in [0.2, 0.25) is 0 Å². The van der Waals surface area contributed by atoms with Crippen molar-refractivity contribution in [1.82, 2.24) is 5.32 Å². The van der Waals surface area contributed by atoms with Crippen molar-refractivity contribution >= 4 is 0 Å². The summed E-state index contributed by atoms with van der Waals surface area (Å²) in [7, 11) is 0. The smallest absolute Gasteiger partial charge is 0.0783 e. The van der Waals surface area contributed by atoms with Crippen LogP contribution in [-0.4, -0.2) is 23.3 Å². The van der Waals surface area contributed by atoms with Crippen LogP contribution in [0.2, 0.25) is 0 Å². The van der Waals surface area contributed by atoms with E-state index >= 15 is 0 Å². The summed E-state index contributed by atoms with van der Waals surface area (Å²) in [4.78, 5) is 0. The molecule has 0 heterocycles. The highest BCUT2D eigenvalue weighted by Crippen LogP contribution is 2.19. The predicted molar refractivity (Wildman–Crippen MR) is 71.0 cm³/mol. The molecule has 2 rings (SSSR count). The molecule has 0 aliphatic heterocycles. The van der Waals surface area contributed by atoms with Crippen LogP contribution in [0.15, 0.2) is 30.3 Å². The standard InChI is InChI=1S/C15H23NO/c1-15(17,11-13-7-3-2-4-8-13)12-16-14-9-5-6-10-14/h2-4,7-8,14,16-17H,5-6,9-12H2,1H3. The van der Waals surface area contributed by atoms with Gasteiger partial charge in [-0.15, -0.1) is 0 Å². The molecule has 0 amide bonds. The maximum absolute atomic E-state index is 10.4. The topological polar surface area (TPSA) is 32.3 Å². The minimum atomic E-state index is -0.649. The Morgan fingerprint density at radius 2 is 1.88 bits per heavy atom. The van der Waals surface area contributed by atoms with Crippen LogP contribution in [0.3, 0.4) is 0 Å². The van der Waals surface area contributed by atoms with E-state index < -0.39 is 5.60 Å². The van der Waals surface area contributed by atoms with E-state index in [-0.39, 0.29) is 0 Å². The summed E-state index contributed by atoms with van der Waals surface area (Å²) in [5.41, 5.74) is 0.551. The molecule has 17 heavy (non-hydrogen) atoms. The molecule has 1 aliphatic rings. The lowest BCUT2D eigenvalue weighted by Gasteiger charge is -2.26. The molecule has 0 spiro atoms. The Kier molecular flexibility index (Phi) is 4.19. The van der Waals surface area contributed by atoms with Crippen molar-refractivity contribution in [2.75, 3.05) is 6.54 Å². The van der Waals surface area contributed by atoms with Crippen molar-refractivity contribution in [3.05, 3.63) is 35.9 Å². The molecule has 0 radical (unpaired) electrons. The summed E-state index contributed by atoms with van der Waals surface area (Å²) in [6, 6.07) is 10.8. The number of aliphatic hydroxyl groups is 1. The summed E-state index contributed by atoms with van der Waals surface area (Å²) >= 11 is 0. The van der Waals surface area contributed by atoms with Gasteiger partial charge in [-0.05, 0) is 25.3 Å². The predicted octanol–water partition coefficient (Wildman–Crippen LogP) is 2.51. The highest BCUT2D eigenvalue weighted by atomic mass is 16.3. The normalized spacial score (nSPS) is 20.4. The quantitative estimate of drug-likeness (QED) is 0.819. The molecule has 0 saturated heterocycles. The third-order valence-electron chi connectivity index (χ3n) is 3.55. The van der Waals surface area contributed by atoms with Crippen molar-refractivity contribution in [2.24, 2.45) is 0 Å². The molecule has 1 saturated carbocycles. The van der Waals surface area contributed by atoms with Crippen LogP contribution in [0.4, 0.5) is 0 Å². The highest BCUT2D eigenvalue weighted by Gasteiger charge is 2.23. The first-order chi connectivity index (χ1) is 8.16. The Bertz CT molecular complexity index is 328. The lowest BCUT2D eigenvalue weighted by atomic mass is 9.96. The van der Waals surface area contributed by atoms with Gasteiger partial charge in [0.25, 0.3) is 0 Å². The first-order valence-corrected chi connectivity index (χ1v) is 6.65. The second kappa shape index (κ2) is 5.65. The summed E-state index contributed by atoms with van der Waals surface area (Å²) in [5.74, 6) is 0. The van der Waals surface area contributed by atoms with Crippen LogP contribution in [0.25, 0.3) is 0 Å². The van der Waals surface area contributed by atoms with E-state index in [0.717, 1.165) is 0 Å². The van der Waals surface area contributed by atoms with E-state index in [0.29, 0.717) is 19.0 Å². The van der Waals surface area contributed by atoms with Crippen LogP contribution in [-0.2, 0) is 6.42 Å². The van der Waals surface area contributed by atoms with E-state index in [2.05, 4.69) is 17.4 Å². The second-order valence-corrected chi connectivity index (χ2v) is 5.52. The number of rotatable bonds is 5. The molecule has 1 unspecified atom stereocenters. The zero-order valence-corrected chi connectivity index (χ0v) is 10.7. The van der Waals surface area contributed by atoms with Gasteiger partial charge in [0, 0.05) is 19.0 Å². The average Bonchev–Trinajstić information content (AvgIpc) is 2.80. The summed E-state index contributed by atoms with van der Waals surface area (Å²) < 4.78 is 0. The minimum Gasteiger partial charge on any atom is -0.389 e. The lowest BCUT2D eigenvalue weighted by Crippen LogP contribution is -2.43. The number of hydrogen-bond donors (Lipinski definition) is 2. The first-order valence-electron chi connectivity index (χ1n) is 6.65. The van der Waals surface area contributed by atoms with Crippen LogP contribution < -0.4 is 5.32 Å². The Hall–Kier alpha value is -0.860. The lowest BCUT2D eigenvalue weighted by molar-refractivity contribution is 0.0572. The van der Waals surface area contributed by atoms with E-state index in [1.54, 1.807) is 0 Å². The molecule has 1 aromatic carbocycles. The van der Waals surface area contributed by atoms with Crippen molar-refractivity contribution in [3.63, 3.8) is 0 Å². The maximum Gasteiger partial charge on any atom is 0.0783 e. The molecule has 1 aromatic rings. The summed E-state index contributed by atoms with van der Waals surface area (Å²) in [6.07, 6.45) is 5.91. The van der Waals surface area contributed by atoms with Gasteiger partial charge >= 0.3 is 0 Å². The molecule has 0 aromatic heterocycles. The van der Waals surface area contributed by atoms with E-state index in [1.807, 2.05) is 25.1 Å². The third-order valence-corrected chi connectivity index (χ3v) is 3.55. The van der Waals surface area contributed by atoms with Gasteiger partial charge < -0.3 is 10.4 Å². The fourth-order valence-electron chi connectivity index (χ4n) is 2.59. The Morgan fingerprint density at radius 1 is 1.24 bits per heavy atom. The van der Waals surface area contributed by atoms with Crippen molar-refractivity contribution in [2.45, 2.75) is 50.7 Å². The number of hydrogen-bond acceptors (Lipinski definition) is 2. The summed E-state index contributed by atoms with van der Waals surface area (Å²) in [6.45, 7) is 2.61. The van der Waals surface area contributed by atoms with E-state index in [4.69, 9.17) is 0 Å². The Morgan fingerprint density at radius 3 is 2.53 bits per heavy atom. The van der Waals surface area contributed by atoms with Crippen molar-refractivity contribution < 1.29 is 5.11 Å². The van der Waals surface area contributed by atoms with Crippen LogP contribution in [0.5, 0.6) is 0 Å². The molecule has 1 aliphatic carbocycles. The largest absolute Gasteiger partial charge is 0.389 e. The SMILES string of the molecule is CC(O)(CNC1CCCC1)Cc1ccccc1. The van der Waals surface area contributed by atoms with Crippen LogP contribution >= 0.6 is 0 Å². The second-order valence-electron chi connectivity index (χ2n) is 5.52. The molecule has 1 atom stereocenters. The van der Waals surface area contributed by atoms with Gasteiger partial charge in [-0.3, -0.25) is 0 Å². The average molecular weight is 233 g/mol. The molecule has 0 bridgehead atoms. The van der Waals surface area contributed by atoms with Gasteiger partial charge in [-0.25, -0.2) is 0 Å². The zero-order valence-electron chi connectivity index (χ0n) is 10.7. The van der Waals surface area contributed by atoms with E-state index in [1.165, 1.54) is 31.2 Å². The fourth-order valence-corrected chi connectivity index (χ4v) is 2.59. The molecular formula is C15H23NO. The van der Waals surface area contributed by atoms with Crippen molar-refractivity contribution in [1.29, 1.82) is 0 Å². The number of benzene rings is 1. The first kappa shape index (κ1) is 12.6. The van der Waals surface area contributed by atoms with Gasteiger partial charge in [0.1, 0.15) is 0 Å². The highest BCUT2D eigenvalue weighted by molar-refractivity contribution is 5.16. The Labute approximate surface area is 104 Å².